The van der Waals surface area contributed by atoms with E-state index in [9.17, 15) is 4.79 Å². The Bertz CT molecular complexity index is 431. The standard InChI is InChI=1S/C13H17NO3/c1-14-7-6-10(13(15)17-3)11-8-9(16-2)4-5-12(11)14/h4-5,8,10H,6-7H2,1-3H3. The van der Waals surface area contributed by atoms with Gasteiger partial charge in [-0.15, -0.1) is 0 Å². The van der Waals surface area contributed by atoms with Gasteiger partial charge in [0.25, 0.3) is 0 Å². The van der Waals surface area contributed by atoms with Gasteiger partial charge in [0.15, 0.2) is 0 Å². The van der Waals surface area contributed by atoms with Gasteiger partial charge in [-0.1, -0.05) is 0 Å². The Balaban J connectivity index is 2.44. The van der Waals surface area contributed by atoms with Crippen LogP contribution in [0.25, 0.3) is 0 Å². The lowest BCUT2D eigenvalue weighted by Gasteiger charge is -2.32. The molecule has 1 aromatic rings. The van der Waals surface area contributed by atoms with Crippen LogP contribution in [0.4, 0.5) is 5.69 Å². The molecule has 1 aliphatic heterocycles. The summed E-state index contributed by atoms with van der Waals surface area (Å²) in [5.41, 5.74) is 2.07. The first-order valence-electron chi connectivity index (χ1n) is 5.64. The van der Waals surface area contributed by atoms with Crippen LogP contribution < -0.4 is 9.64 Å². The molecule has 0 saturated heterocycles. The van der Waals surface area contributed by atoms with Crippen molar-refractivity contribution in [3.8, 4) is 5.75 Å². The van der Waals surface area contributed by atoms with Crippen LogP contribution in [0.15, 0.2) is 18.2 Å². The lowest BCUT2D eigenvalue weighted by Crippen LogP contribution is -2.30. The maximum absolute atomic E-state index is 11.8. The van der Waals surface area contributed by atoms with Crippen LogP contribution in [0.5, 0.6) is 5.75 Å². The Morgan fingerprint density at radius 1 is 1.41 bits per heavy atom. The normalized spacial score (nSPS) is 18.5. The number of anilines is 1. The minimum absolute atomic E-state index is 0.174. The van der Waals surface area contributed by atoms with Crippen molar-refractivity contribution in [1.82, 2.24) is 0 Å². The number of methoxy groups -OCH3 is 2. The number of ether oxygens (including phenoxy) is 2. The highest BCUT2D eigenvalue weighted by Gasteiger charge is 2.29. The third kappa shape index (κ3) is 2.07. The van der Waals surface area contributed by atoms with Crippen molar-refractivity contribution in [2.24, 2.45) is 0 Å². The smallest absolute Gasteiger partial charge is 0.313 e. The first-order chi connectivity index (χ1) is 8.17. The molecule has 1 heterocycles. The van der Waals surface area contributed by atoms with Gasteiger partial charge in [-0.2, -0.15) is 0 Å². The second kappa shape index (κ2) is 4.65. The van der Waals surface area contributed by atoms with Crippen LogP contribution in [0.2, 0.25) is 0 Å². The number of hydrogen-bond donors (Lipinski definition) is 0. The number of hydrogen-bond acceptors (Lipinski definition) is 4. The monoisotopic (exact) mass is 235 g/mol. The van der Waals surface area contributed by atoms with E-state index in [1.165, 1.54) is 7.11 Å². The zero-order chi connectivity index (χ0) is 12.4. The molecule has 2 rings (SSSR count). The predicted molar refractivity (Wildman–Crippen MR) is 65.6 cm³/mol. The van der Waals surface area contributed by atoms with Crippen LogP contribution in [-0.4, -0.2) is 33.8 Å². The number of fused-ring (bicyclic) bond motifs is 1. The lowest BCUT2D eigenvalue weighted by atomic mass is 9.90. The van der Waals surface area contributed by atoms with E-state index >= 15 is 0 Å². The van der Waals surface area contributed by atoms with E-state index in [0.29, 0.717) is 0 Å². The third-order valence-corrected chi connectivity index (χ3v) is 3.26. The highest BCUT2D eigenvalue weighted by Crippen LogP contribution is 2.37. The molecule has 0 saturated carbocycles. The van der Waals surface area contributed by atoms with Crippen molar-refractivity contribution < 1.29 is 14.3 Å². The summed E-state index contributed by atoms with van der Waals surface area (Å²) in [7, 11) is 5.08. The Morgan fingerprint density at radius 2 is 2.18 bits per heavy atom. The van der Waals surface area contributed by atoms with E-state index in [1.807, 2.05) is 25.2 Å². The van der Waals surface area contributed by atoms with Crippen LogP contribution in [0, 0.1) is 0 Å². The van der Waals surface area contributed by atoms with Gasteiger partial charge in [0, 0.05) is 19.3 Å². The van der Waals surface area contributed by atoms with Gasteiger partial charge in [-0.3, -0.25) is 4.79 Å². The molecule has 0 amide bonds. The SMILES string of the molecule is COC(=O)C1CCN(C)c2ccc(OC)cc21. The molecule has 0 fully saturated rings. The average Bonchev–Trinajstić information content (AvgIpc) is 2.38. The molecule has 1 aliphatic rings. The second-order valence-corrected chi connectivity index (χ2v) is 4.21. The number of carbonyl (C=O) groups excluding carboxylic acids is 1. The average molecular weight is 235 g/mol. The van der Waals surface area contributed by atoms with Crippen LogP contribution in [0.1, 0.15) is 17.9 Å². The van der Waals surface area contributed by atoms with Crippen LogP contribution >= 0.6 is 0 Å². The topological polar surface area (TPSA) is 38.8 Å². The molecule has 92 valence electrons. The minimum Gasteiger partial charge on any atom is -0.497 e. The molecular weight excluding hydrogens is 218 g/mol. The van der Waals surface area contributed by atoms with Gasteiger partial charge in [0.1, 0.15) is 5.75 Å². The molecule has 0 aliphatic carbocycles. The fourth-order valence-corrected chi connectivity index (χ4v) is 2.27. The quantitative estimate of drug-likeness (QED) is 0.733. The summed E-state index contributed by atoms with van der Waals surface area (Å²) >= 11 is 0. The summed E-state index contributed by atoms with van der Waals surface area (Å²) in [6.45, 7) is 0.860. The zero-order valence-electron chi connectivity index (χ0n) is 10.4. The molecule has 4 heteroatoms. The largest absolute Gasteiger partial charge is 0.497 e. The molecule has 4 nitrogen and oxygen atoms in total. The maximum atomic E-state index is 11.8. The number of esters is 1. The molecular formula is C13H17NO3. The van der Waals surface area contributed by atoms with Crippen LogP contribution in [0.3, 0.4) is 0 Å². The zero-order valence-corrected chi connectivity index (χ0v) is 10.4. The predicted octanol–water partition coefficient (Wildman–Crippen LogP) is 1.79. The summed E-state index contributed by atoms with van der Waals surface area (Å²) in [5, 5.41) is 0. The fraction of sp³-hybridized carbons (Fsp3) is 0.462. The number of carbonyl (C=O) groups is 1. The lowest BCUT2D eigenvalue weighted by molar-refractivity contribution is -0.142. The molecule has 17 heavy (non-hydrogen) atoms. The molecule has 1 unspecified atom stereocenters. The molecule has 0 spiro atoms. The van der Waals surface area contributed by atoms with E-state index in [4.69, 9.17) is 9.47 Å². The van der Waals surface area contributed by atoms with Gasteiger partial charge in [0.05, 0.1) is 20.1 Å². The van der Waals surface area contributed by atoms with Gasteiger partial charge < -0.3 is 14.4 Å². The number of nitrogens with zero attached hydrogens (tertiary/aromatic N) is 1. The summed E-state index contributed by atoms with van der Waals surface area (Å²) in [6.07, 6.45) is 0.781. The van der Waals surface area contributed by atoms with Crippen LogP contribution in [-0.2, 0) is 9.53 Å². The maximum Gasteiger partial charge on any atom is 0.313 e. The molecule has 0 bridgehead atoms. The molecule has 0 aromatic heterocycles. The highest BCUT2D eigenvalue weighted by molar-refractivity contribution is 5.82. The summed E-state index contributed by atoms with van der Waals surface area (Å²) in [5.74, 6) is 0.418. The summed E-state index contributed by atoms with van der Waals surface area (Å²) in [6, 6.07) is 5.82. The van der Waals surface area contributed by atoms with Crippen molar-refractivity contribution in [2.45, 2.75) is 12.3 Å². The van der Waals surface area contributed by atoms with Gasteiger partial charge in [-0.05, 0) is 30.2 Å². The van der Waals surface area contributed by atoms with Crippen molar-refractivity contribution in [3.63, 3.8) is 0 Å². The van der Waals surface area contributed by atoms with Crippen molar-refractivity contribution >= 4 is 11.7 Å². The van der Waals surface area contributed by atoms with Crippen molar-refractivity contribution in [2.75, 3.05) is 32.7 Å². The van der Waals surface area contributed by atoms with Crippen molar-refractivity contribution in [1.29, 1.82) is 0 Å². The molecule has 0 radical (unpaired) electrons. The van der Waals surface area contributed by atoms with E-state index < -0.39 is 0 Å². The van der Waals surface area contributed by atoms with Crippen molar-refractivity contribution in [3.05, 3.63) is 23.8 Å². The number of rotatable bonds is 2. The highest BCUT2D eigenvalue weighted by atomic mass is 16.5. The first-order valence-corrected chi connectivity index (χ1v) is 5.64. The van der Waals surface area contributed by atoms with E-state index in [-0.39, 0.29) is 11.9 Å². The van der Waals surface area contributed by atoms with Gasteiger partial charge in [-0.25, -0.2) is 0 Å². The van der Waals surface area contributed by atoms with E-state index in [2.05, 4.69) is 4.90 Å². The van der Waals surface area contributed by atoms with E-state index in [1.54, 1.807) is 7.11 Å². The second-order valence-electron chi connectivity index (χ2n) is 4.21. The Hall–Kier alpha value is -1.71. The first kappa shape index (κ1) is 11.8. The molecule has 0 N–H and O–H groups in total. The number of benzene rings is 1. The Labute approximate surface area is 101 Å². The van der Waals surface area contributed by atoms with Gasteiger partial charge >= 0.3 is 5.97 Å². The molecule has 1 aromatic carbocycles. The Kier molecular flexibility index (Phi) is 3.22. The Morgan fingerprint density at radius 3 is 2.82 bits per heavy atom. The summed E-state index contributed by atoms with van der Waals surface area (Å²) in [4.78, 5) is 13.9. The van der Waals surface area contributed by atoms with Gasteiger partial charge in [0.2, 0.25) is 0 Å². The summed E-state index contributed by atoms with van der Waals surface area (Å²) < 4.78 is 10.1. The molecule has 1 atom stereocenters. The minimum atomic E-state index is -0.179. The third-order valence-electron chi connectivity index (χ3n) is 3.26. The van der Waals surface area contributed by atoms with E-state index in [0.717, 1.165) is 30.0 Å². The fourth-order valence-electron chi connectivity index (χ4n) is 2.27.